The number of rotatable bonds is 4. The largest absolute Gasteiger partial charge is 0.466 e. The molecule has 3 unspecified atom stereocenters. The number of carbonyl (C=O) groups is 1. The number of hydrogen-bond donors (Lipinski definition) is 3. The van der Waals surface area contributed by atoms with Crippen LogP contribution in [-0.4, -0.2) is 38.4 Å². The molecule has 1 aliphatic carbocycles. The molecule has 0 aliphatic heterocycles. The number of esters is 1. The summed E-state index contributed by atoms with van der Waals surface area (Å²) in [4.78, 5) is 35.6. The normalized spacial score (nSPS) is 24.7. The summed E-state index contributed by atoms with van der Waals surface area (Å²) >= 11 is 0. The number of benzene rings is 1. The van der Waals surface area contributed by atoms with Crippen LogP contribution >= 0.6 is 0 Å². The van der Waals surface area contributed by atoms with E-state index in [9.17, 15) is 24.8 Å². The summed E-state index contributed by atoms with van der Waals surface area (Å²) in [6, 6.07) is 5.72. The third-order valence-electron chi connectivity index (χ3n) is 4.73. The Labute approximate surface area is 148 Å². The second kappa shape index (κ2) is 6.41. The lowest BCUT2D eigenvalue weighted by atomic mass is 9.66. The Bertz CT molecular complexity index is 913. The predicted octanol–water partition coefficient (Wildman–Crippen LogP) is 1.23. The third kappa shape index (κ3) is 2.90. The van der Waals surface area contributed by atoms with Gasteiger partial charge in [-0.05, 0) is 19.4 Å². The topological polar surface area (TPSA) is 138 Å². The average molecular weight is 361 g/mol. The lowest BCUT2D eigenvalue weighted by Gasteiger charge is -2.40. The summed E-state index contributed by atoms with van der Waals surface area (Å²) in [5.41, 5.74) is -0.944. The molecule has 3 rings (SSSR count). The van der Waals surface area contributed by atoms with E-state index < -0.39 is 33.9 Å². The van der Waals surface area contributed by atoms with Crippen molar-refractivity contribution in [3.63, 3.8) is 0 Å². The van der Waals surface area contributed by atoms with Gasteiger partial charge in [0.1, 0.15) is 0 Å². The second-order valence-corrected chi connectivity index (χ2v) is 6.56. The van der Waals surface area contributed by atoms with E-state index in [1.54, 1.807) is 13.0 Å². The number of nitrogens with zero attached hydrogens (tertiary/aromatic N) is 1. The van der Waals surface area contributed by atoms with Gasteiger partial charge < -0.3 is 14.9 Å². The first-order valence-corrected chi connectivity index (χ1v) is 8.19. The first-order chi connectivity index (χ1) is 12.3. The Morgan fingerprint density at radius 1 is 1.46 bits per heavy atom. The highest BCUT2D eigenvalue weighted by atomic mass is 16.6. The molecular formula is C17H19N3O6. The molecule has 26 heavy (non-hydrogen) atoms. The standard InChI is InChI=1S/C17H19N3O6/c1-3-26-16(22)14-12(9-5-4-6-10(7-9)20(24)25)13-11(8-17(14,2)23)18-19-15(13)21/h4-7,12,14,23H,3,8H2,1-2H3,(H2,18,19,21). The van der Waals surface area contributed by atoms with E-state index in [0.29, 0.717) is 11.3 Å². The number of ether oxygens (including phenoxy) is 1. The van der Waals surface area contributed by atoms with Crippen LogP contribution in [0.2, 0.25) is 0 Å². The van der Waals surface area contributed by atoms with Crippen molar-refractivity contribution >= 4 is 11.7 Å². The average Bonchev–Trinajstić information content (AvgIpc) is 2.93. The lowest BCUT2D eigenvalue weighted by molar-refractivity contribution is -0.384. The van der Waals surface area contributed by atoms with Crippen LogP contribution in [0.25, 0.3) is 0 Å². The Hall–Kier alpha value is -2.94. The van der Waals surface area contributed by atoms with Crippen molar-refractivity contribution in [1.29, 1.82) is 0 Å². The highest BCUT2D eigenvalue weighted by Gasteiger charge is 2.51. The van der Waals surface area contributed by atoms with Crippen molar-refractivity contribution in [2.75, 3.05) is 6.61 Å². The van der Waals surface area contributed by atoms with E-state index >= 15 is 0 Å². The van der Waals surface area contributed by atoms with Gasteiger partial charge in [0.2, 0.25) is 0 Å². The molecule has 9 heteroatoms. The number of aromatic nitrogens is 2. The van der Waals surface area contributed by atoms with E-state index in [-0.39, 0.29) is 24.3 Å². The number of nitro benzene ring substituents is 1. The fourth-order valence-corrected chi connectivity index (χ4v) is 3.68. The molecule has 1 aliphatic rings. The highest BCUT2D eigenvalue weighted by molar-refractivity contribution is 5.77. The van der Waals surface area contributed by atoms with Gasteiger partial charge in [-0.25, -0.2) is 0 Å². The molecule has 0 saturated heterocycles. The van der Waals surface area contributed by atoms with E-state index in [2.05, 4.69) is 10.2 Å². The van der Waals surface area contributed by atoms with Gasteiger partial charge in [-0.2, -0.15) is 0 Å². The lowest BCUT2D eigenvalue weighted by Crippen LogP contribution is -2.50. The number of aromatic amines is 2. The molecular weight excluding hydrogens is 342 g/mol. The number of aliphatic hydroxyl groups is 1. The quantitative estimate of drug-likeness (QED) is 0.425. The zero-order valence-electron chi connectivity index (χ0n) is 14.3. The summed E-state index contributed by atoms with van der Waals surface area (Å²) in [5, 5.41) is 27.3. The van der Waals surface area contributed by atoms with Crippen LogP contribution in [0.4, 0.5) is 5.69 Å². The molecule has 2 aromatic rings. The van der Waals surface area contributed by atoms with E-state index in [1.165, 1.54) is 25.1 Å². The monoisotopic (exact) mass is 361 g/mol. The van der Waals surface area contributed by atoms with Crippen LogP contribution in [0.1, 0.15) is 36.6 Å². The molecule has 0 spiro atoms. The maximum atomic E-state index is 12.6. The summed E-state index contributed by atoms with van der Waals surface area (Å²) in [6.07, 6.45) is 0.0516. The van der Waals surface area contributed by atoms with Crippen molar-refractivity contribution in [1.82, 2.24) is 10.2 Å². The zero-order chi connectivity index (χ0) is 19.1. The van der Waals surface area contributed by atoms with Crippen molar-refractivity contribution < 1.29 is 19.6 Å². The van der Waals surface area contributed by atoms with Crippen molar-refractivity contribution in [2.45, 2.75) is 31.8 Å². The predicted molar refractivity (Wildman–Crippen MR) is 90.8 cm³/mol. The Morgan fingerprint density at radius 3 is 2.85 bits per heavy atom. The first kappa shape index (κ1) is 17.9. The van der Waals surface area contributed by atoms with Gasteiger partial charge in [0.25, 0.3) is 11.2 Å². The molecule has 0 bridgehead atoms. The number of nitrogens with one attached hydrogen (secondary N) is 2. The van der Waals surface area contributed by atoms with Crippen molar-refractivity contribution in [3.05, 3.63) is 61.6 Å². The smallest absolute Gasteiger partial charge is 0.312 e. The molecule has 3 atom stereocenters. The Kier molecular flexibility index (Phi) is 4.41. The van der Waals surface area contributed by atoms with Crippen LogP contribution in [-0.2, 0) is 16.0 Å². The number of hydrogen-bond acceptors (Lipinski definition) is 6. The second-order valence-electron chi connectivity index (χ2n) is 6.56. The van der Waals surface area contributed by atoms with Crippen LogP contribution in [0.3, 0.4) is 0 Å². The molecule has 0 saturated carbocycles. The molecule has 9 nitrogen and oxygen atoms in total. The number of carbonyl (C=O) groups excluding carboxylic acids is 1. The van der Waals surface area contributed by atoms with Crippen molar-refractivity contribution in [3.8, 4) is 0 Å². The highest BCUT2D eigenvalue weighted by Crippen LogP contribution is 2.44. The summed E-state index contributed by atoms with van der Waals surface area (Å²) in [7, 11) is 0. The van der Waals surface area contributed by atoms with E-state index in [0.717, 1.165) is 0 Å². The van der Waals surface area contributed by atoms with Gasteiger partial charge in [0, 0.05) is 35.7 Å². The fourth-order valence-electron chi connectivity index (χ4n) is 3.68. The minimum absolute atomic E-state index is 0.0516. The first-order valence-electron chi connectivity index (χ1n) is 8.19. The molecule has 0 radical (unpaired) electrons. The Balaban J connectivity index is 2.23. The maximum absolute atomic E-state index is 12.6. The number of fused-ring (bicyclic) bond motifs is 1. The molecule has 1 heterocycles. The molecule has 138 valence electrons. The van der Waals surface area contributed by atoms with Crippen molar-refractivity contribution in [2.24, 2.45) is 5.92 Å². The van der Waals surface area contributed by atoms with Crippen LogP contribution in [0, 0.1) is 16.0 Å². The van der Waals surface area contributed by atoms with Gasteiger partial charge in [-0.15, -0.1) is 0 Å². The SMILES string of the molecule is CCOC(=O)C1C(c2cccc([N+](=O)[O-])c2)c2c([nH][nH]c2=O)CC1(C)O. The number of nitro groups is 1. The van der Waals surface area contributed by atoms with E-state index in [4.69, 9.17) is 4.74 Å². The van der Waals surface area contributed by atoms with E-state index in [1.807, 2.05) is 0 Å². The van der Waals surface area contributed by atoms with Gasteiger partial charge in [0.05, 0.1) is 23.0 Å². The van der Waals surface area contributed by atoms with Crippen LogP contribution in [0.5, 0.6) is 0 Å². The zero-order valence-corrected chi connectivity index (χ0v) is 14.3. The summed E-state index contributed by atoms with van der Waals surface area (Å²) < 4.78 is 5.12. The Morgan fingerprint density at radius 2 is 2.19 bits per heavy atom. The maximum Gasteiger partial charge on any atom is 0.312 e. The van der Waals surface area contributed by atoms with Gasteiger partial charge in [-0.1, -0.05) is 12.1 Å². The van der Waals surface area contributed by atoms with Crippen LogP contribution < -0.4 is 5.56 Å². The molecule has 1 aromatic heterocycles. The third-order valence-corrected chi connectivity index (χ3v) is 4.73. The number of non-ortho nitro benzene ring substituents is 1. The molecule has 1 aromatic carbocycles. The van der Waals surface area contributed by atoms with Gasteiger partial charge >= 0.3 is 5.97 Å². The van der Waals surface area contributed by atoms with Crippen LogP contribution in [0.15, 0.2) is 29.1 Å². The molecule has 0 fully saturated rings. The van der Waals surface area contributed by atoms with Gasteiger partial charge in [0.15, 0.2) is 0 Å². The minimum Gasteiger partial charge on any atom is -0.466 e. The van der Waals surface area contributed by atoms with Gasteiger partial charge in [-0.3, -0.25) is 24.8 Å². The number of H-pyrrole nitrogens is 2. The summed E-state index contributed by atoms with van der Waals surface area (Å²) in [5.74, 6) is -2.60. The summed E-state index contributed by atoms with van der Waals surface area (Å²) in [6.45, 7) is 3.25. The molecule has 0 amide bonds. The molecule has 3 N–H and O–H groups in total. The minimum atomic E-state index is -1.50. The fraction of sp³-hybridized carbons (Fsp3) is 0.412.